The van der Waals surface area contributed by atoms with Crippen LogP contribution in [0.15, 0.2) is 30.5 Å². The van der Waals surface area contributed by atoms with Crippen molar-refractivity contribution < 1.29 is 0 Å². The van der Waals surface area contributed by atoms with E-state index in [9.17, 15) is 0 Å². The number of benzene rings is 1. The van der Waals surface area contributed by atoms with E-state index in [1.807, 2.05) is 35.1 Å². The number of H-pyrrole nitrogens is 1. The largest absolute Gasteiger partial charge is 0.340 e. The molecule has 0 aliphatic heterocycles. The molecule has 0 radical (unpaired) electrons. The summed E-state index contributed by atoms with van der Waals surface area (Å²) in [7, 11) is 0. The molecule has 0 unspecified atom stereocenters. The van der Waals surface area contributed by atoms with Crippen molar-refractivity contribution in [3.63, 3.8) is 0 Å². The Morgan fingerprint density at radius 2 is 2.17 bits per heavy atom. The summed E-state index contributed by atoms with van der Waals surface area (Å²) in [5.41, 5.74) is 3.18. The zero-order valence-electron chi connectivity index (χ0n) is 9.87. The topological polar surface area (TPSA) is 59.4 Å². The zero-order valence-corrected chi connectivity index (χ0v) is 9.87. The van der Waals surface area contributed by atoms with Gasteiger partial charge in [-0.25, -0.2) is 9.67 Å². The Hall–Kier alpha value is -2.17. The number of nitrogens with zero attached hydrogens (tertiary/aromatic N) is 4. The minimum atomic E-state index is 0.647. The highest BCUT2D eigenvalue weighted by Gasteiger charge is 2.26. The minimum absolute atomic E-state index is 0.647. The smallest absolute Gasteiger partial charge is 0.129 e. The zero-order chi connectivity index (χ0) is 11.9. The number of hydrogen-bond donors (Lipinski definition) is 1. The van der Waals surface area contributed by atoms with Crippen molar-refractivity contribution in [3.8, 4) is 0 Å². The third-order valence-corrected chi connectivity index (χ3v) is 3.30. The third-order valence-electron chi connectivity index (χ3n) is 3.30. The van der Waals surface area contributed by atoms with E-state index < -0.39 is 0 Å². The van der Waals surface area contributed by atoms with Gasteiger partial charge >= 0.3 is 0 Å². The van der Waals surface area contributed by atoms with Crippen LogP contribution in [0.2, 0.25) is 0 Å². The van der Waals surface area contributed by atoms with Crippen molar-refractivity contribution >= 4 is 11.0 Å². The van der Waals surface area contributed by atoms with E-state index in [2.05, 4.69) is 20.3 Å². The van der Waals surface area contributed by atoms with Crippen molar-refractivity contribution in [2.45, 2.75) is 25.3 Å². The molecule has 1 aliphatic rings. The van der Waals surface area contributed by atoms with Gasteiger partial charge in [0.15, 0.2) is 0 Å². The summed E-state index contributed by atoms with van der Waals surface area (Å²) in [6.07, 6.45) is 4.54. The van der Waals surface area contributed by atoms with Crippen LogP contribution in [-0.2, 0) is 6.54 Å². The van der Waals surface area contributed by atoms with Crippen LogP contribution in [0, 0.1) is 0 Å². The molecular weight excluding hydrogens is 226 g/mol. The molecule has 0 saturated heterocycles. The fourth-order valence-electron chi connectivity index (χ4n) is 2.19. The third kappa shape index (κ3) is 1.68. The van der Waals surface area contributed by atoms with Gasteiger partial charge in [0.1, 0.15) is 12.4 Å². The molecule has 1 saturated carbocycles. The monoisotopic (exact) mass is 239 g/mol. The lowest BCUT2D eigenvalue weighted by atomic mass is 10.3. The highest BCUT2D eigenvalue weighted by atomic mass is 15.4. The van der Waals surface area contributed by atoms with E-state index in [-0.39, 0.29) is 0 Å². The second-order valence-electron chi connectivity index (χ2n) is 4.82. The first-order valence-corrected chi connectivity index (χ1v) is 6.22. The fourth-order valence-corrected chi connectivity index (χ4v) is 2.19. The lowest BCUT2D eigenvalue weighted by molar-refractivity contribution is 0.630. The van der Waals surface area contributed by atoms with Crippen molar-refractivity contribution in [3.05, 3.63) is 42.0 Å². The normalized spacial score (nSPS) is 15.3. The van der Waals surface area contributed by atoms with E-state index in [4.69, 9.17) is 0 Å². The fraction of sp³-hybridized carbons (Fsp3) is 0.308. The molecule has 1 aromatic carbocycles. The first-order chi connectivity index (χ1) is 8.88. The summed E-state index contributed by atoms with van der Waals surface area (Å²) < 4.78 is 1.85. The summed E-state index contributed by atoms with van der Waals surface area (Å²) >= 11 is 0. The number of imidazole rings is 1. The molecule has 18 heavy (non-hydrogen) atoms. The number of aromatic amines is 1. The SMILES string of the molecule is c1ccc2[nH]c(Cn3cc(C4CC4)nn3)nc2c1. The first kappa shape index (κ1) is 9.82. The molecule has 1 fully saturated rings. The molecule has 5 nitrogen and oxygen atoms in total. The molecule has 90 valence electrons. The van der Waals surface area contributed by atoms with Gasteiger partial charge < -0.3 is 4.98 Å². The maximum atomic E-state index is 4.53. The van der Waals surface area contributed by atoms with E-state index >= 15 is 0 Å². The lowest BCUT2D eigenvalue weighted by Crippen LogP contribution is -2.01. The number of nitrogens with one attached hydrogen (secondary N) is 1. The lowest BCUT2D eigenvalue weighted by Gasteiger charge is -1.94. The van der Waals surface area contributed by atoms with Crippen LogP contribution < -0.4 is 0 Å². The Morgan fingerprint density at radius 3 is 3.00 bits per heavy atom. The van der Waals surface area contributed by atoms with E-state index in [0.29, 0.717) is 12.5 Å². The van der Waals surface area contributed by atoms with Crippen LogP contribution in [0.3, 0.4) is 0 Å². The Labute approximate surface area is 104 Å². The summed E-state index contributed by atoms with van der Waals surface area (Å²) in [6.45, 7) is 0.647. The maximum Gasteiger partial charge on any atom is 0.129 e. The predicted molar refractivity (Wildman–Crippen MR) is 67.2 cm³/mol. The molecule has 0 atom stereocenters. The second-order valence-corrected chi connectivity index (χ2v) is 4.82. The van der Waals surface area contributed by atoms with Crippen LogP contribution in [0.1, 0.15) is 30.3 Å². The Morgan fingerprint density at radius 1 is 1.28 bits per heavy atom. The number of rotatable bonds is 3. The molecule has 0 spiro atoms. The van der Waals surface area contributed by atoms with E-state index in [1.165, 1.54) is 12.8 Å². The quantitative estimate of drug-likeness (QED) is 0.761. The van der Waals surface area contributed by atoms with E-state index in [1.54, 1.807) is 0 Å². The van der Waals surface area contributed by atoms with Gasteiger partial charge in [0, 0.05) is 12.1 Å². The first-order valence-electron chi connectivity index (χ1n) is 6.22. The Bertz CT molecular complexity index is 659. The highest BCUT2D eigenvalue weighted by molar-refractivity contribution is 5.74. The molecule has 4 rings (SSSR count). The Balaban J connectivity index is 1.62. The van der Waals surface area contributed by atoms with Gasteiger partial charge in [-0.2, -0.15) is 0 Å². The van der Waals surface area contributed by atoms with Crippen molar-refractivity contribution in [2.24, 2.45) is 0 Å². The van der Waals surface area contributed by atoms with Gasteiger partial charge in [-0.3, -0.25) is 0 Å². The molecule has 5 heteroatoms. The maximum absolute atomic E-state index is 4.53. The summed E-state index contributed by atoms with van der Waals surface area (Å²) in [5.74, 6) is 1.57. The molecule has 0 bridgehead atoms. The van der Waals surface area contributed by atoms with Crippen LogP contribution in [0.5, 0.6) is 0 Å². The molecule has 2 aromatic heterocycles. The van der Waals surface area contributed by atoms with Crippen LogP contribution in [-0.4, -0.2) is 25.0 Å². The summed E-state index contributed by atoms with van der Waals surface area (Å²) in [4.78, 5) is 7.83. The van der Waals surface area contributed by atoms with Crippen molar-refractivity contribution in [1.29, 1.82) is 0 Å². The van der Waals surface area contributed by atoms with Crippen LogP contribution in [0.4, 0.5) is 0 Å². The predicted octanol–water partition coefficient (Wildman–Crippen LogP) is 2.08. The molecular formula is C13H13N5. The number of para-hydroxylation sites is 2. The number of hydrogen-bond acceptors (Lipinski definition) is 3. The second kappa shape index (κ2) is 3.66. The average molecular weight is 239 g/mol. The number of fused-ring (bicyclic) bond motifs is 1. The van der Waals surface area contributed by atoms with Crippen molar-refractivity contribution in [1.82, 2.24) is 25.0 Å². The molecule has 0 amide bonds. The van der Waals surface area contributed by atoms with Gasteiger partial charge in [-0.15, -0.1) is 5.10 Å². The number of aromatic nitrogens is 5. The Kier molecular flexibility index (Phi) is 2.00. The van der Waals surface area contributed by atoms with Crippen LogP contribution in [0.25, 0.3) is 11.0 Å². The molecule has 1 aliphatic carbocycles. The highest BCUT2D eigenvalue weighted by Crippen LogP contribution is 2.38. The minimum Gasteiger partial charge on any atom is -0.340 e. The van der Waals surface area contributed by atoms with Gasteiger partial charge in [-0.05, 0) is 25.0 Å². The average Bonchev–Trinajstić information content (AvgIpc) is 2.99. The van der Waals surface area contributed by atoms with E-state index in [0.717, 1.165) is 22.6 Å². The van der Waals surface area contributed by atoms with Gasteiger partial charge in [-0.1, -0.05) is 17.3 Å². The van der Waals surface area contributed by atoms with Crippen LogP contribution >= 0.6 is 0 Å². The molecule has 3 aromatic rings. The standard InChI is InChI=1S/C13H13N5/c1-2-4-11-10(3-1)14-13(15-11)8-18-7-12(16-17-18)9-5-6-9/h1-4,7,9H,5-6,8H2,(H,14,15). The molecule has 1 N–H and O–H groups in total. The van der Waals surface area contributed by atoms with Gasteiger partial charge in [0.2, 0.25) is 0 Å². The van der Waals surface area contributed by atoms with Gasteiger partial charge in [0.05, 0.1) is 16.7 Å². The van der Waals surface area contributed by atoms with Crippen molar-refractivity contribution in [2.75, 3.05) is 0 Å². The molecule has 2 heterocycles. The van der Waals surface area contributed by atoms with Gasteiger partial charge in [0.25, 0.3) is 0 Å². The summed E-state index contributed by atoms with van der Waals surface area (Å²) in [5, 5.41) is 8.35. The summed E-state index contributed by atoms with van der Waals surface area (Å²) in [6, 6.07) is 8.04.